The highest BCUT2D eigenvalue weighted by molar-refractivity contribution is 5.91. The van der Waals surface area contributed by atoms with E-state index in [0.717, 1.165) is 6.54 Å². The SMILES string of the molecule is Cc1c(C(=O)O)[nH]c2cc(OCCN(C)C)ccc2c1=O. The molecule has 0 aliphatic rings. The van der Waals surface area contributed by atoms with Gasteiger partial charge < -0.3 is 19.7 Å². The number of carboxylic acid groups (broad SMARTS) is 1. The van der Waals surface area contributed by atoms with Gasteiger partial charge in [-0.1, -0.05) is 0 Å². The quantitative estimate of drug-likeness (QED) is 0.871. The fraction of sp³-hybridized carbons (Fsp3) is 0.333. The summed E-state index contributed by atoms with van der Waals surface area (Å²) in [5.41, 5.74) is 0.306. The number of carboxylic acids is 1. The van der Waals surface area contributed by atoms with Crippen molar-refractivity contribution in [1.29, 1.82) is 0 Å². The van der Waals surface area contributed by atoms with Crippen molar-refractivity contribution in [1.82, 2.24) is 9.88 Å². The molecule has 2 aromatic rings. The first kappa shape index (κ1) is 15.1. The standard InChI is InChI=1S/C15H18N2O4/c1-9-13(15(19)20)16-12-8-10(21-7-6-17(2)3)4-5-11(12)14(9)18/h4-5,8H,6-7H2,1-3H3,(H,16,18)(H,19,20). The number of hydrogen-bond donors (Lipinski definition) is 2. The number of nitrogens with zero attached hydrogens (tertiary/aromatic N) is 1. The number of pyridine rings is 1. The van der Waals surface area contributed by atoms with Crippen LogP contribution in [0.1, 0.15) is 16.1 Å². The van der Waals surface area contributed by atoms with Crippen LogP contribution < -0.4 is 10.2 Å². The number of benzene rings is 1. The zero-order valence-electron chi connectivity index (χ0n) is 12.3. The first-order valence-electron chi connectivity index (χ1n) is 6.57. The molecule has 0 unspecified atom stereocenters. The summed E-state index contributed by atoms with van der Waals surface area (Å²) < 4.78 is 5.58. The summed E-state index contributed by atoms with van der Waals surface area (Å²) in [7, 11) is 3.90. The number of nitrogens with one attached hydrogen (secondary N) is 1. The summed E-state index contributed by atoms with van der Waals surface area (Å²) >= 11 is 0. The highest BCUT2D eigenvalue weighted by Crippen LogP contribution is 2.18. The summed E-state index contributed by atoms with van der Waals surface area (Å²) in [4.78, 5) is 28.1. The number of aromatic carboxylic acids is 1. The van der Waals surface area contributed by atoms with Crippen LogP contribution in [-0.2, 0) is 0 Å². The lowest BCUT2D eigenvalue weighted by Crippen LogP contribution is -2.19. The molecule has 0 aliphatic heterocycles. The minimum absolute atomic E-state index is 0.0852. The first-order chi connectivity index (χ1) is 9.90. The molecule has 1 aromatic carbocycles. The molecule has 0 saturated heterocycles. The van der Waals surface area contributed by atoms with E-state index in [9.17, 15) is 9.59 Å². The van der Waals surface area contributed by atoms with Crippen LogP contribution in [0.15, 0.2) is 23.0 Å². The molecule has 2 N–H and O–H groups in total. The Hall–Kier alpha value is -2.34. The summed E-state index contributed by atoms with van der Waals surface area (Å²) in [6, 6.07) is 5.02. The third-order valence-electron chi connectivity index (χ3n) is 3.23. The number of likely N-dealkylation sites (N-methyl/N-ethyl adjacent to an activating group) is 1. The van der Waals surface area contributed by atoms with Gasteiger partial charge in [0.1, 0.15) is 18.1 Å². The Labute approximate surface area is 122 Å². The Kier molecular flexibility index (Phi) is 4.28. The first-order valence-corrected chi connectivity index (χ1v) is 6.57. The van der Waals surface area contributed by atoms with E-state index < -0.39 is 5.97 Å². The van der Waals surface area contributed by atoms with Crippen LogP contribution in [0.2, 0.25) is 0 Å². The number of hydrogen-bond acceptors (Lipinski definition) is 4. The zero-order chi connectivity index (χ0) is 15.6. The van der Waals surface area contributed by atoms with Crippen molar-refractivity contribution in [3.63, 3.8) is 0 Å². The largest absolute Gasteiger partial charge is 0.492 e. The molecule has 6 heteroatoms. The second-order valence-corrected chi connectivity index (χ2v) is 5.12. The smallest absolute Gasteiger partial charge is 0.352 e. The van der Waals surface area contributed by atoms with E-state index >= 15 is 0 Å². The van der Waals surface area contributed by atoms with E-state index in [0.29, 0.717) is 23.3 Å². The van der Waals surface area contributed by atoms with Crippen molar-refractivity contribution < 1.29 is 14.6 Å². The molecule has 0 fully saturated rings. The van der Waals surface area contributed by atoms with Crippen LogP contribution in [0.4, 0.5) is 0 Å². The predicted octanol–water partition coefficient (Wildman–Crippen LogP) is 1.48. The molecule has 1 aromatic heterocycles. The molecule has 21 heavy (non-hydrogen) atoms. The van der Waals surface area contributed by atoms with Gasteiger partial charge in [0.05, 0.1) is 5.52 Å². The minimum Gasteiger partial charge on any atom is -0.492 e. The molecule has 0 amide bonds. The highest BCUT2D eigenvalue weighted by atomic mass is 16.5. The number of fused-ring (bicyclic) bond motifs is 1. The number of aromatic amines is 1. The molecule has 0 radical (unpaired) electrons. The molecule has 112 valence electrons. The number of H-pyrrole nitrogens is 1. The molecule has 1 heterocycles. The minimum atomic E-state index is -1.15. The van der Waals surface area contributed by atoms with Crippen molar-refractivity contribution >= 4 is 16.9 Å². The van der Waals surface area contributed by atoms with Crippen molar-refractivity contribution in [2.75, 3.05) is 27.2 Å². The van der Waals surface area contributed by atoms with Gasteiger partial charge in [0.15, 0.2) is 5.43 Å². The molecule has 0 bridgehead atoms. The lowest BCUT2D eigenvalue weighted by molar-refractivity contribution is 0.0690. The van der Waals surface area contributed by atoms with Crippen LogP contribution >= 0.6 is 0 Å². The second-order valence-electron chi connectivity index (χ2n) is 5.12. The molecule has 6 nitrogen and oxygen atoms in total. The van der Waals surface area contributed by atoms with Gasteiger partial charge in [0, 0.05) is 23.6 Å². The Morgan fingerprint density at radius 3 is 2.71 bits per heavy atom. The van der Waals surface area contributed by atoms with Gasteiger partial charge in [-0.15, -0.1) is 0 Å². The van der Waals surface area contributed by atoms with Crippen LogP contribution in [0.25, 0.3) is 10.9 Å². The number of rotatable bonds is 5. The zero-order valence-corrected chi connectivity index (χ0v) is 12.3. The molecule has 0 saturated carbocycles. The van der Waals surface area contributed by atoms with Gasteiger partial charge in [0.25, 0.3) is 0 Å². The van der Waals surface area contributed by atoms with Gasteiger partial charge in [-0.05, 0) is 33.2 Å². The fourth-order valence-electron chi connectivity index (χ4n) is 2.02. The van der Waals surface area contributed by atoms with Crippen molar-refractivity contribution in [2.24, 2.45) is 0 Å². The highest BCUT2D eigenvalue weighted by Gasteiger charge is 2.14. The van der Waals surface area contributed by atoms with E-state index in [-0.39, 0.29) is 16.7 Å². The second kappa shape index (κ2) is 5.97. The van der Waals surface area contributed by atoms with Gasteiger partial charge >= 0.3 is 5.97 Å². The summed E-state index contributed by atoms with van der Waals surface area (Å²) in [5.74, 6) is -0.550. The lowest BCUT2D eigenvalue weighted by atomic mass is 10.1. The van der Waals surface area contributed by atoms with E-state index in [1.165, 1.54) is 6.92 Å². The van der Waals surface area contributed by atoms with Crippen LogP contribution in [0.5, 0.6) is 5.75 Å². The normalized spacial score (nSPS) is 11.0. The maximum Gasteiger partial charge on any atom is 0.352 e. The van der Waals surface area contributed by atoms with Gasteiger partial charge in [-0.25, -0.2) is 4.79 Å². The van der Waals surface area contributed by atoms with Crippen LogP contribution in [-0.4, -0.2) is 48.2 Å². The number of aromatic nitrogens is 1. The average Bonchev–Trinajstić information content (AvgIpc) is 2.42. The van der Waals surface area contributed by atoms with E-state index in [4.69, 9.17) is 9.84 Å². The lowest BCUT2D eigenvalue weighted by Gasteiger charge is -2.12. The van der Waals surface area contributed by atoms with E-state index in [1.54, 1.807) is 18.2 Å². The van der Waals surface area contributed by atoms with Crippen LogP contribution in [0.3, 0.4) is 0 Å². The summed E-state index contributed by atoms with van der Waals surface area (Å²) in [6.07, 6.45) is 0. The van der Waals surface area contributed by atoms with Gasteiger partial charge in [0.2, 0.25) is 0 Å². The molecule has 0 spiro atoms. The maximum atomic E-state index is 12.1. The average molecular weight is 290 g/mol. The van der Waals surface area contributed by atoms with E-state index in [1.807, 2.05) is 19.0 Å². The molecular formula is C15H18N2O4. The molecule has 0 atom stereocenters. The maximum absolute atomic E-state index is 12.1. The Morgan fingerprint density at radius 1 is 1.38 bits per heavy atom. The van der Waals surface area contributed by atoms with Crippen molar-refractivity contribution in [3.8, 4) is 5.75 Å². The Bertz CT molecular complexity index is 734. The van der Waals surface area contributed by atoms with Gasteiger partial charge in [-0.3, -0.25) is 4.79 Å². The fourth-order valence-corrected chi connectivity index (χ4v) is 2.02. The summed E-state index contributed by atoms with van der Waals surface area (Å²) in [6.45, 7) is 2.78. The van der Waals surface area contributed by atoms with Crippen molar-refractivity contribution in [3.05, 3.63) is 39.7 Å². The topological polar surface area (TPSA) is 82.6 Å². The predicted molar refractivity (Wildman–Crippen MR) is 80.3 cm³/mol. The Balaban J connectivity index is 2.40. The Morgan fingerprint density at radius 2 is 2.10 bits per heavy atom. The molecule has 2 rings (SSSR count). The van der Waals surface area contributed by atoms with Crippen molar-refractivity contribution in [2.45, 2.75) is 6.92 Å². The monoisotopic (exact) mass is 290 g/mol. The molecular weight excluding hydrogens is 272 g/mol. The van der Waals surface area contributed by atoms with Gasteiger partial charge in [-0.2, -0.15) is 0 Å². The van der Waals surface area contributed by atoms with E-state index in [2.05, 4.69) is 4.98 Å². The summed E-state index contributed by atoms with van der Waals surface area (Å²) in [5, 5.41) is 9.57. The van der Waals surface area contributed by atoms with Crippen LogP contribution in [0, 0.1) is 6.92 Å². The third-order valence-corrected chi connectivity index (χ3v) is 3.23. The third kappa shape index (κ3) is 3.22. The number of ether oxygens (including phenoxy) is 1. The molecule has 0 aliphatic carbocycles. The number of carbonyl (C=O) groups is 1.